The van der Waals surface area contributed by atoms with E-state index in [-0.39, 0.29) is 12.2 Å². The zero-order valence-corrected chi connectivity index (χ0v) is 25.0. The van der Waals surface area contributed by atoms with Gasteiger partial charge in [-0.1, -0.05) is 66.7 Å². The molecule has 0 bridgehead atoms. The number of nitrogens with zero attached hydrogens (tertiary/aromatic N) is 2. The van der Waals surface area contributed by atoms with Crippen LogP contribution in [0.3, 0.4) is 0 Å². The Kier molecular flexibility index (Phi) is 8.47. The maximum Gasteiger partial charge on any atom is 0.213 e. The zero-order valence-electron chi connectivity index (χ0n) is 23.4. The van der Waals surface area contributed by atoms with Crippen molar-refractivity contribution in [1.82, 2.24) is 0 Å². The molecule has 0 spiro atoms. The summed E-state index contributed by atoms with van der Waals surface area (Å²) in [4.78, 5) is 4.60. The van der Waals surface area contributed by atoms with E-state index in [0.29, 0.717) is 6.54 Å². The van der Waals surface area contributed by atoms with E-state index in [1.165, 1.54) is 10.4 Å². The van der Waals surface area contributed by atoms with Gasteiger partial charge in [-0.2, -0.15) is 4.57 Å². The fourth-order valence-electron chi connectivity index (χ4n) is 5.21. The molecule has 0 aliphatic rings. The van der Waals surface area contributed by atoms with Crippen molar-refractivity contribution in [3.05, 3.63) is 144 Å². The quantitative estimate of drug-likeness (QED) is 0.117. The predicted octanol–water partition coefficient (Wildman–Crippen LogP) is 8.43. The normalized spacial score (nSPS) is 11.7. The first-order valence-corrected chi connectivity index (χ1v) is 16.5. The van der Waals surface area contributed by atoms with Crippen LogP contribution in [0.15, 0.2) is 134 Å². The molecule has 0 radical (unpaired) electrons. The summed E-state index contributed by atoms with van der Waals surface area (Å²) in [5, 5.41) is 1.07. The number of anilines is 3. The molecule has 0 N–H and O–H groups in total. The highest BCUT2D eigenvalue weighted by Crippen LogP contribution is 2.36. The molecule has 4 aromatic carbocycles. The van der Waals surface area contributed by atoms with Gasteiger partial charge in [-0.05, 0) is 71.8 Å². The lowest BCUT2D eigenvalue weighted by molar-refractivity contribution is -0.671. The van der Waals surface area contributed by atoms with Crippen LogP contribution in [0.4, 0.5) is 17.1 Å². The van der Waals surface area contributed by atoms with E-state index in [4.69, 9.17) is 0 Å². The average Bonchev–Trinajstić information content (AvgIpc) is 3.51. The van der Waals surface area contributed by atoms with Crippen LogP contribution in [0.25, 0.3) is 33.5 Å². The number of fused-ring (bicyclic) bond motifs is 1. The molecule has 0 aliphatic heterocycles. The summed E-state index contributed by atoms with van der Waals surface area (Å²) in [5.41, 5.74) is 6.56. The molecule has 5 nitrogen and oxygen atoms in total. The van der Waals surface area contributed by atoms with Crippen LogP contribution >= 0.6 is 11.3 Å². The van der Waals surface area contributed by atoms with E-state index < -0.39 is 10.1 Å². The molecule has 2 heterocycles. The summed E-state index contributed by atoms with van der Waals surface area (Å²) in [6.07, 6.45) is 6.48. The van der Waals surface area contributed by atoms with Crippen molar-refractivity contribution in [1.29, 1.82) is 0 Å². The Hall–Kier alpha value is -4.56. The lowest BCUT2D eigenvalue weighted by Gasteiger charge is -2.25. The fourth-order valence-corrected chi connectivity index (χ4v) is 6.60. The van der Waals surface area contributed by atoms with Gasteiger partial charge < -0.3 is 9.45 Å². The lowest BCUT2D eigenvalue weighted by atomic mass is 10.1. The van der Waals surface area contributed by atoms with Gasteiger partial charge in [0.1, 0.15) is 6.54 Å². The largest absolute Gasteiger partial charge is 0.748 e. The number of hydrogen-bond acceptors (Lipinski definition) is 5. The minimum Gasteiger partial charge on any atom is -0.748 e. The third-order valence-electron chi connectivity index (χ3n) is 7.24. The smallest absolute Gasteiger partial charge is 0.213 e. The maximum atomic E-state index is 11.0. The summed E-state index contributed by atoms with van der Waals surface area (Å²) in [6, 6.07) is 43.8. The first-order chi connectivity index (χ1) is 20.9. The number of para-hydroxylation sites is 3. The molecule has 0 amide bonds. The van der Waals surface area contributed by atoms with Gasteiger partial charge in [0, 0.05) is 51.1 Å². The van der Waals surface area contributed by atoms with Crippen molar-refractivity contribution in [3.63, 3.8) is 0 Å². The van der Waals surface area contributed by atoms with E-state index >= 15 is 0 Å². The minimum absolute atomic E-state index is 0.283. The SMILES string of the molecule is O=S(=O)([O-])CCC[n+]1ccc(/C=C/c2ccc(-c3ccc(N(c4ccccc4)c4ccccc4)cc3)s2)c2ccccc21. The van der Waals surface area contributed by atoms with Crippen molar-refractivity contribution < 1.29 is 17.5 Å². The first-order valence-electron chi connectivity index (χ1n) is 14.1. The number of benzene rings is 4. The maximum absolute atomic E-state index is 11.0. The molecule has 6 aromatic rings. The highest BCUT2D eigenvalue weighted by Gasteiger charge is 2.13. The molecule has 43 heavy (non-hydrogen) atoms. The van der Waals surface area contributed by atoms with E-state index in [2.05, 4.69) is 108 Å². The predicted molar refractivity (Wildman–Crippen MR) is 177 cm³/mol. The average molecular weight is 603 g/mol. The van der Waals surface area contributed by atoms with Crippen molar-refractivity contribution in [2.24, 2.45) is 0 Å². The molecule has 0 aliphatic carbocycles. The summed E-state index contributed by atoms with van der Waals surface area (Å²) in [5.74, 6) is -0.363. The molecule has 7 heteroatoms. The molecule has 0 unspecified atom stereocenters. The molecule has 0 saturated carbocycles. The number of hydrogen-bond donors (Lipinski definition) is 0. The molecular weight excluding hydrogens is 573 g/mol. The van der Waals surface area contributed by atoms with Crippen molar-refractivity contribution in [3.8, 4) is 10.4 Å². The van der Waals surface area contributed by atoms with Crippen molar-refractivity contribution in [2.75, 3.05) is 10.7 Å². The number of rotatable bonds is 10. The summed E-state index contributed by atoms with van der Waals surface area (Å²) < 4.78 is 35.1. The second-order valence-corrected chi connectivity index (χ2v) is 12.8. The Bertz CT molecular complexity index is 1930. The van der Waals surface area contributed by atoms with Crippen LogP contribution in [0.1, 0.15) is 16.9 Å². The van der Waals surface area contributed by atoms with Gasteiger partial charge in [0.25, 0.3) is 0 Å². The van der Waals surface area contributed by atoms with E-state index in [1.54, 1.807) is 11.3 Å². The highest BCUT2D eigenvalue weighted by molar-refractivity contribution is 7.85. The zero-order chi connectivity index (χ0) is 29.6. The van der Waals surface area contributed by atoms with Crippen LogP contribution < -0.4 is 9.47 Å². The lowest BCUT2D eigenvalue weighted by Crippen LogP contribution is -2.35. The minimum atomic E-state index is -4.22. The fraction of sp³-hybridized carbons (Fsp3) is 0.0833. The Morgan fingerprint density at radius 1 is 0.698 bits per heavy atom. The number of thiophene rings is 1. The van der Waals surface area contributed by atoms with Crippen LogP contribution in [0.5, 0.6) is 0 Å². The van der Waals surface area contributed by atoms with Gasteiger partial charge in [-0.15, -0.1) is 11.3 Å². The Morgan fingerprint density at radius 3 is 2.00 bits per heavy atom. The highest BCUT2D eigenvalue weighted by atomic mass is 32.2. The molecule has 214 valence electrons. The molecule has 0 atom stereocenters. The topological polar surface area (TPSA) is 64.3 Å². The second kappa shape index (κ2) is 12.8. The molecule has 0 saturated heterocycles. The molecule has 6 rings (SSSR count). The summed E-state index contributed by atoms with van der Waals surface area (Å²) in [7, 11) is -4.22. The monoisotopic (exact) mass is 602 g/mol. The second-order valence-electron chi connectivity index (χ2n) is 10.2. The third-order valence-corrected chi connectivity index (χ3v) is 9.13. The van der Waals surface area contributed by atoms with E-state index in [9.17, 15) is 13.0 Å². The number of aryl methyl sites for hydroxylation is 1. The third kappa shape index (κ3) is 6.92. The van der Waals surface area contributed by atoms with E-state index in [1.807, 2.05) is 47.2 Å². The van der Waals surface area contributed by atoms with Gasteiger partial charge in [0.2, 0.25) is 5.52 Å². The van der Waals surface area contributed by atoms with Gasteiger partial charge in [-0.3, -0.25) is 0 Å². The molecule has 2 aromatic heterocycles. The summed E-state index contributed by atoms with van der Waals surface area (Å²) in [6.45, 7) is 0.466. The summed E-state index contributed by atoms with van der Waals surface area (Å²) >= 11 is 1.74. The van der Waals surface area contributed by atoms with Gasteiger partial charge in [-0.25, -0.2) is 8.42 Å². The van der Waals surface area contributed by atoms with Gasteiger partial charge in [0.05, 0.1) is 15.5 Å². The van der Waals surface area contributed by atoms with Crippen LogP contribution in [0.2, 0.25) is 0 Å². The Morgan fingerprint density at radius 2 is 1.33 bits per heavy atom. The van der Waals surface area contributed by atoms with Crippen LogP contribution in [0, 0.1) is 0 Å². The van der Waals surface area contributed by atoms with Gasteiger partial charge >= 0.3 is 0 Å². The van der Waals surface area contributed by atoms with E-state index in [0.717, 1.165) is 38.4 Å². The van der Waals surface area contributed by atoms with Crippen LogP contribution in [-0.2, 0) is 16.7 Å². The standard InChI is InChI=1S/C36H30N2O3S2/c39-43(40,41)27-9-25-37-26-24-28(34-14-7-8-15-35(34)37)18-21-33-22-23-36(42-33)29-16-19-32(20-17-29)38(30-10-3-1-4-11-30)31-12-5-2-6-13-31/h1-8,10-24,26H,9,25,27H2. The van der Waals surface area contributed by atoms with Crippen molar-refractivity contribution >= 4 is 61.6 Å². The Balaban J connectivity index is 1.21. The number of pyridine rings is 1. The van der Waals surface area contributed by atoms with Gasteiger partial charge in [0.15, 0.2) is 6.20 Å². The number of aromatic nitrogens is 1. The van der Waals surface area contributed by atoms with Crippen LogP contribution in [-0.4, -0.2) is 18.7 Å². The molecular formula is C36H30N2O3S2. The molecule has 0 fully saturated rings. The van der Waals surface area contributed by atoms with Crippen molar-refractivity contribution in [2.45, 2.75) is 13.0 Å². The first kappa shape index (κ1) is 28.6. The Labute approximate surface area is 256 Å².